The number of hydrogen-bond donors (Lipinski definition) is 0. The number of imidazole rings is 1. The second kappa shape index (κ2) is 7.15. The first kappa shape index (κ1) is 18.1. The highest BCUT2D eigenvalue weighted by Gasteiger charge is 2.14. The van der Waals surface area contributed by atoms with Gasteiger partial charge < -0.3 is 9.47 Å². The molecule has 0 amide bonds. The molecule has 0 aliphatic heterocycles. The van der Waals surface area contributed by atoms with Crippen LogP contribution in [0.25, 0.3) is 38.8 Å². The lowest BCUT2D eigenvalue weighted by molar-refractivity contribution is 0.355. The summed E-state index contributed by atoms with van der Waals surface area (Å²) in [5, 5.41) is 0.889. The molecule has 0 N–H and O–H groups in total. The SMILES string of the molecule is COc1ccc(-c2ccc3ncc4ncn(-c5ccccc5F)c4c3c2)cc1OC. The Balaban J connectivity index is 1.75. The molecule has 0 spiro atoms. The average molecular weight is 399 g/mol. The standard InChI is InChI=1S/C24H18FN3O2/c1-29-22-10-8-16(12-23(22)30-2)15-7-9-19-17(11-15)24-20(13-26-19)27-14-28(24)21-6-4-3-5-18(21)25/h3-14H,1-2H3. The van der Waals surface area contributed by atoms with E-state index in [9.17, 15) is 4.39 Å². The molecule has 0 radical (unpaired) electrons. The van der Waals surface area contributed by atoms with Crippen molar-refractivity contribution >= 4 is 21.9 Å². The van der Waals surface area contributed by atoms with Gasteiger partial charge in [-0.05, 0) is 47.5 Å². The van der Waals surface area contributed by atoms with E-state index >= 15 is 0 Å². The molecule has 0 aliphatic rings. The summed E-state index contributed by atoms with van der Waals surface area (Å²) < 4.78 is 27.0. The molecule has 2 heterocycles. The molecule has 5 rings (SSSR count). The van der Waals surface area contributed by atoms with E-state index in [1.165, 1.54) is 6.07 Å². The lowest BCUT2D eigenvalue weighted by Crippen LogP contribution is -1.96. The van der Waals surface area contributed by atoms with Crippen LogP contribution < -0.4 is 9.47 Å². The predicted molar refractivity (Wildman–Crippen MR) is 115 cm³/mol. The number of hydrogen-bond acceptors (Lipinski definition) is 4. The minimum atomic E-state index is -0.308. The number of fused-ring (bicyclic) bond motifs is 3. The summed E-state index contributed by atoms with van der Waals surface area (Å²) in [5.41, 5.74) is 4.74. The third kappa shape index (κ3) is 2.85. The van der Waals surface area contributed by atoms with Gasteiger partial charge in [0, 0.05) is 5.39 Å². The van der Waals surface area contributed by atoms with Crippen molar-refractivity contribution in [2.45, 2.75) is 0 Å². The fraction of sp³-hybridized carbons (Fsp3) is 0.0833. The van der Waals surface area contributed by atoms with Gasteiger partial charge in [0.15, 0.2) is 11.5 Å². The van der Waals surface area contributed by atoms with Crippen molar-refractivity contribution in [2.24, 2.45) is 0 Å². The number of pyridine rings is 1. The van der Waals surface area contributed by atoms with Crippen LogP contribution in [0.3, 0.4) is 0 Å². The highest BCUT2D eigenvalue weighted by molar-refractivity contribution is 6.04. The van der Waals surface area contributed by atoms with Crippen LogP contribution in [0.1, 0.15) is 0 Å². The molecule has 3 aromatic carbocycles. The first-order valence-corrected chi connectivity index (χ1v) is 9.42. The number of rotatable bonds is 4. The van der Waals surface area contributed by atoms with Crippen LogP contribution in [-0.4, -0.2) is 28.8 Å². The van der Waals surface area contributed by atoms with E-state index < -0.39 is 0 Å². The Labute approximate surface area is 172 Å². The topological polar surface area (TPSA) is 49.2 Å². The second-order valence-corrected chi connectivity index (χ2v) is 6.86. The molecule has 0 saturated heterocycles. The quantitative estimate of drug-likeness (QED) is 0.406. The van der Waals surface area contributed by atoms with E-state index in [0.29, 0.717) is 22.7 Å². The first-order chi connectivity index (χ1) is 14.7. The summed E-state index contributed by atoms with van der Waals surface area (Å²) in [6.07, 6.45) is 3.35. The Morgan fingerprint density at radius 1 is 0.800 bits per heavy atom. The number of nitrogens with zero attached hydrogens (tertiary/aromatic N) is 3. The number of aromatic nitrogens is 3. The van der Waals surface area contributed by atoms with Gasteiger partial charge >= 0.3 is 0 Å². The molecule has 148 valence electrons. The summed E-state index contributed by atoms with van der Waals surface area (Å²) >= 11 is 0. The van der Waals surface area contributed by atoms with Crippen molar-refractivity contribution in [2.75, 3.05) is 14.2 Å². The summed E-state index contributed by atoms with van der Waals surface area (Å²) in [5.74, 6) is 1.02. The van der Waals surface area contributed by atoms with Crippen LogP contribution in [0.5, 0.6) is 11.5 Å². The monoisotopic (exact) mass is 399 g/mol. The van der Waals surface area contributed by atoms with E-state index in [4.69, 9.17) is 9.47 Å². The first-order valence-electron chi connectivity index (χ1n) is 9.42. The molecular weight excluding hydrogens is 381 g/mol. The van der Waals surface area contributed by atoms with Crippen molar-refractivity contribution < 1.29 is 13.9 Å². The maximum atomic E-state index is 14.5. The maximum absolute atomic E-state index is 14.5. The Morgan fingerprint density at radius 3 is 2.37 bits per heavy atom. The van der Waals surface area contributed by atoms with Gasteiger partial charge in [0.25, 0.3) is 0 Å². The normalized spacial score (nSPS) is 11.2. The van der Waals surface area contributed by atoms with Crippen molar-refractivity contribution in [1.82, 2.24) is 14.5 Å². The number of halogens is 1. The average Bonchev–Trinajstić information content (AvgIpc) is 3.23. The van der Waals surface area contributed by atoms with Crippen molar-refractivity contribution in [3.05, 3.63) is 79.0 Å². The van der Waals surface area contributed by atoms with Crippen LogP contribution >= 0.6 is 0 Å². The highest BCUT2D eigenvalue weighted by Crippen LogP contribution is 2.35. The summed E-state index contributed by atoms with van der Waals surface area (Å²) in [6.45, 7) is 0. The van der Waals surface area contributed by atoms with E-state index in [1.54, 1.807) is 43.4 Å². The Bertz CT molecular complexity index is 1390. The van der Waals surface area contributed by atoms with Crippen molar-refractivity contribution in [3.63, 3.8) is 0 Å². The largest absolute Gasteiger partial charge is 0.493 e. The van der Waals surface area contributed by atoms with E-state index in [2.05, 4.69) is 9.97 Å². The molecule has 0 unspecified atom stereocenters. The fourth-order valence-electron chi connectivity index (χ4n) is 3.72. The number of para-hydroxylation sites is 1. The van der Waals surface area contributed by atoms with Crippen LogP contribution in [-0.2, 0) is 0 Å². The van der Waals surface area contributed by atoms with E-state index in [1.807, 2.05) is 42.5 Å². The zero-order chi connectivity index (χ0) is 20.7. The van der Waals surface area contributed by atoms with Crippen molar-refractivity contribution in [1.29, 1.82) is 0 Å². The predicted octanol–water partition coefficient (Wildman–Crippen LogP) is 5.40. The van der Waals surface area contributed by atoms with Gasteiger partial charge in [0.2, 0.25) is 0 Å². The van der Waals surface area contributed by atoms with Gasteiger partial charge in [0.05, 0.1) is 37.1 Å². The van der Waals surface area contributed by atoms with Crippen LogP contribution in [0.4, 0.5) is 4.39 Å². The highest BCUT2D eigenvalue weighted by atomic mass is 19.1. The summed E-state index contributed by atoms with van der Waals surface area (Å²) in [7, 11) is 3.22. The summed E-state index contributed by atoms with van der Waals surface area (Å²) in [6, 6.07) is 18.5. The van der Waals surface area contributed by atoms with Gasteiger partial charge in [-0.2, -0.15) is 0 Å². The molecule has 6 heteroatoms. The molecule has 30 heavy (non-hydrogen) atoms. The number of ether oxygens (including phenoxy) is 2. The van der Waals surface area contributed by atoms with Gasteiger partial charge in [-0.25, -0.2) is 9.37 Å². The van der Waals surface area contributed by atoms with Gasteiger partial charge in [0.1, 0.15) is 17.7 Å². The molecular formula is C24H18FN3O2. The Hall–Kier alpha value is -3.93. The number of methoxy groups -OCH3 is 2. The Morgan fingerprint density at radius 2 is 1.57 bits per heavy atom. The van der Waals surface area contributed by atoms with Crippen LogP contribution in [0.2, 0.25) is 0 Å². The van der Waals surface area contributed by atoms with Gasteiger partial charge in [-0.15, -0.1) is 0 Å². The van der Waals surface area contributed by atoms with E-state index in [0.717, 1.165) is 27.5 Å². The van der Waals surface area contributed by atoms with Crippen LogP contribution in [0.15, 0.2) is 73.2 Å². The molecule has 0 aliphatic carbocycles. The molecule has 5 aromatic rings. The third-order valence-electron chi connectivity index (χ3n) is 5.20. The lowest BCUT2D eigenvalue weighted by atomic mass is 10.0. The van der Waals surface area contributed by atoms with Crippen LogP contribution in [0, 0.1) is 5.82 Å². The number of benzene rings is 3. The minimum Gasteiger partial charge on any atom is -0.493 e. The minimum absolute atomic E-state index is 0.308. The van der Waals surface area contributed by atoms with Gasteiger partial charge in [-0.1, -0.05) is 24.3 Å². The van der Waals surface area contributed by atoms with Crippen molar-refractivity contribution in [3.8, 4) is 28.3 Å². The zero-order valence-corrected chi connectivity index (χ0v) is 16.5. The zero-order valence-electron chi connectivity index (χ0n) is 16.5. The molecule has 0 bridgehead atoms. The van der Waals surface area contributed by atoms with E-state index in [-0.39, 0.29) is 5.82 Å². The van der Waals surface area contributed by atoms with Gasteiger partial charge in [-0.3, -0.25) is 9.55 Å². The maximum Gasteiger partial charge on any atom is 0.161 e. The third-order valence-corrected chi connectivity index (χ3v) is 5.20. The lowest BCUT2D eigenvalue weighted by Gasteiger charge is -2.11. The second-order valence-electron chi connectivity index (χ2n) is 6.86. The molecule has 0 fully saturated rings. The molecule has 0 atom stereocenters. The Kier molecular flexibility index (Phi) is 4.32. The smallest absolute Gasteiger partial charge is 0.161 e. The fourth-order valence-corrected chi connectivity index (χ4v) is 3.72. The molecule has 0 saturated carbocycles. The summed E-state index contributed by atoms with van der Waals surface area (Å²) in [4.78, 5) is 8.96. The molecule has 2 aromatic heterocycles. The molecule has 5 nitrogen and oxygen atoms in total.